The van der Waals surface area contributed by atoms with E-state index in [9.17, 15) is 13.2 Å². The van der Waals surface area contributed by atoms with Crippen molar-refractivity contribution in [3.63, 3.8) is 0 Å². The molecular formula is C20H30N2O3S. The van der Waals surface area contributed by atoms with Gasteiger partial charge in [0.05, 0.1) is 11.9 Å². The lowest BCUT2D eigenvalue weighted by Gasteiger charge is -2.27. The van der Waals surface area contributed by atoms with Crippen molar-refractivity contribution < 1.29 is 13.2 Å². The second kappa shape index (κ2) is 6.87. The first-order chi connectivity index (χ1) is 12.0. The van der Waals surface area contributed by atoms with Crippen LogP contribution in [0.25, 0.3) is 0 Å². The van der Waals surface area contributed by atoms with Crippen molar-refractivity contribution in [2.45, 2.75) is 57.9 Å². The fraction of sp³-hybridized carbons (Fsp3) is 0.650. The summed E-state index contributed by atoms with van der Waals surface area (Å²) in [5, 5.41) is 3.07. The summed E-state index contributed by atoms with van der Waals surface area (Å²) in [6.45, 7) is 6.17. The van der Waals surface area contributed by atoms with Crippen LogP contribution in [0.1, 0.15) is 52.0 Å². The smallest absolute Gasteiger partial charge is 0.241 e. The van der Waals surface area contributed by atoms with Gasteiger partial charge in [-0.2, -0.15) is 0 Å². The molecule has 0 saturated heterocycles. The number of fused-ring (bicyclic) bond motifs is 2. The molecule has 1 aromatic carbocycles. The quantitative estimate of drug-likeness (QED) is 0.856. The summed E-state index contributed by atoms with van der Waals surface area (Å²) < 4.78 is 25.7. The SMILES string of the molecule is CC(C)(C)c1ccc(N(CC(=O)N[C@H]2C[C@H]3CC[C@H]2C3)S(C)(=O)=O)cc1. The molecule has 6 heteroatoms. The van der Waals surface area contributed by atoms with Gasteiger partial charge >= 0.3 is 0 Å². The van der Waals surface area contributed by atoms with Gasteiger partial charge in [-0.1, -0.05) is 39.3 Å². The van der Waals surface area contributed by atoms with E-state index in [-0.39, 0.29) is 23.9 Å². The Morgan fingerprint density at radius 1 is 1.15 bits per heavy atom. The predicted molar refractivity (Wildman–Crippen MR) is 105 cm³/mol. The Bertz CT molecular complexity index is 765. The van der Waals surface area contributed by atoms with Crippen LogP contribution in [0.3, 0.4) is 0 Å². The third kappa shape index (κ3) is 4.22. The molecule has 2 aliphatic carbocycles. The van der Waals surface area contributed by atoms with Crippen molar-refractivity contribution in [1.29, 1.82) is 0 Å². The monoisotopic (exact) mass is 378 g/mol. The fourth-order valence-electron chi connectivity index (χ4n) is 4.33. The molecule has 26 heavy (non-hydrogen) atoms. The molecule has 144 valence electrons. The Morgan fingerprint density at radius 2 is 1.81 bits per heavy atom. The normalized spacial score (nSPS) is 25.3. The third-order valence-corrected chi connectivity index (χ3v) is 6.93. The van der Waals surface area contributed by atoms with E-state index in [2.05, 4.69) is 26.1 Å². The van der Waals surface area contributed by atoms with Gasteiger partial charge in [0.2, 0.25) is 15.9 Å². The Labute approximate surface area is 157 Å². The number of rotatable bonds is 5. The zero-order valence-corrected chi connectivity index (χ0v) is 17.0. The third-order valence-electron chi connectivity index (χ3n) is 5.79. The number of hydrogen-bond acceptors (Lipinski definition) is 3. The number of sulfonamides is 1. The molecule has 0 spiro atoms. The minimum Gasteiger partial charge on any atom is -0.352 e. The van der Waals surface area contributed by atoms with Crippen molar-refractivity contribution in [2.75, 3.05) is 17.1 Å². The molecule has 0 unspecified atom stereocenters. The van der Waals surface area contributed by atoms with Gasteiger partial charge in [-0.05, 0) is 54.2 Å². The van der Waals surface area contributed by atoms with Crippen molar-refractivity contribution in [1.82, 2.24) is 5.32 Å². The Balaban J connectivity index is 1.71. The molecule has 2 bridgehead atoms. The molecule has 1 aromatic rings. The number of carbonyl (C=O) groups is 1. The van der Waals surface area contributed by atoms with E-state index < -0.39 is 10.0 Å². The van der Waals surface area contributed by atoms with Crippen molar-refractivity contribution in [3.8, 4) is 0 Å². The average Bonchev–Trinajstić information content (AvgIpc) is 3.13. The maximum atomic E-state index is 12.5. The number of carbonyl (C=O) groups excluding carboxylic acids is 1. The Kier molecular flexibility index (Phi) is 5.08. The van der Waals surface area contributed by atoms with E-state index >= 15 is 0 Å². The van der Waals surface area contributed by atoms with Crippen LogP contribution in [0.15, 0.2) is 24.3 Å². The molecule has 5 nitrogen and oxygen atoms in total. The molecule has 2 fully saturated rings. The lowest BCUT2D eigenvalue weighted by molar-refractivity contribution is -0.120. The minimum atomic E-state index is -3.53. The number of nitrogens with one attached hydrogen (secondary N) is 1. The lowest BCUT2D eigenvalue weighted by atomic mass is 9.87. The van der Waals surface area contributed by atoms with Gasteiger partial charge in [0, 0.05) is 6.04 Å². The van der Waals surface area contributed by atoms with Crippen LogP contribution in [0.4, 0.5) is 5.69 Å². The molecule has 3 rings (SSSR count). The number of nitrogens with zero attached hydrogens (tertiary/aromatic N) is 1. The largest absolute Gasteiger partial charge is 0.352 e. The second-order valence-electron chi connectivity index (χ2n) is 8.92. The summed E-state index contributed by atoms with van der Waals surface area (Å²) in [6.07, 6.45) is 5.84. The highest BCUT2D eigenvalue weighted by Crippen LogP contribution is 2.44. The van der Waals surface area contributed by atoms with Crippen LogP contribution in [0.5, 0.6) is 0 Å². The molecule has 2 saturated carbocycles. The van der Waals surface area contributed by atoms with E-state index in [4.69, 9.17) is 0 Å². The van der Waals surface area contributed by atoms with E-state index in [1.165, 1.54) is 23.6 Å². The molecular weight excluding hydrogens is 348 g/mol. The van der Waals surface area contributed by atoms with Gasteiger partial charge in [0.25, 0.3) is 0 Å². The van der Waals surface area contributed by atoms with Crippen LogP contribution in [-0.2, 0) is 20.2 Å². The van der Waals surface area contributed by atoms with Crippen LogP contribution in [-0.4, -0.2) is 33.2 Å². The second-order valence-corrected chi connectivity index (χ2v) is 10.8. The molecule has 0 aliphatic heterocycles. The van der Waals surface area contributed by atoms with E-state index in [1.807, 2.05) is 12.1 Å². The molecule has 0 radical (unpaired) electrons. The maximum Gasteiger partial charge on any atom is 0.241 e. The van der Waals surface area contributed by atoms with Crippen LogP contribution in [0, 0.1) is 11.8 Å². The zero-order valence-electron chi connectivity index (χ0n) is 16.2. The average molecular weight is 379 g/mol. The number of hydrogen-bond donors (Lipinski definition) is 1. The van der Waals surface area contributed by atoms with Gasteiger partial charge in [0.15, 0.2) is 0 Å². The van der Waals surface area contributed by atoms with Crippen LogP contribution < -0.4 is 9.62 Å². The Hall–Kier alpha value is -1.56. The summed E-state index contributed by atoms with van der Waals surface area (Å²) in [5.74, 6) is 1.09. The van der Waals surface area contributed by atoms with Gasteiger partial charge in [-0.25, -0.2) is 8.42 Å². The van der Waals surface area contributed by atoms with Gasteiger partial charge in [0.1, 0.15) is 6.54 Å². The highest BCUT2D eigenvalue weighted by Gasteiger charge is 2.40. The van der Waals surface area contributed by atoms with E-state index in [0.29, 0.717) is 11.6 Å². The Morgan fingerprint density at radius 3 is 2.27 bits per heavy atom. The maximum absolute atomic E-state index is 12.5. The molecule has 1 N–H and O–H groups in total. The summed E-state index contributed by atoms with van der Waals surface area (Å²) >= 11 is 0. The first kappa shape index (κ1) is 19.2. The molecule has 3 atom stereocenters. The van der Waals surface area contributed by atoms with Crippen molar-refractivity contribution in [2.24, 2.45) is 11.8 Å². The summed E-state index contributed by atoms with van der Waals surface area (Å²) in [5.41, 5.74) is 1.65. The van der Waals surface area contributed by atoms with Crippen LogP contribution >= 0.6 is 0 Å². The van der Waals surface area contributed by atoms with Gasteiger partial charge in [-0.3, -0.25) is 9.10 Å². The first-order valence-electron chi connectivity index (χ1n) is 9.41. The topological polar surface area (TPSA) is 66.5 Å². The molecule has 2 aliphatic rings. The standard InChI is InChI=1S/C20H30N2O3S/c1-20(2,3)16-7-9-17(10-8-16)22(26(4,24)25)13-19(23)21-18-12-14-5-6-15(18)11-14/h7-10,14-15,18H,5-6,11-13H2,1-4H3,(H,21,23)/t14-,15-,18-/m0/s1. The minimum absolute atomic E-state index is 0.00634. The summed E-state index contributed by atoms with van der Waals surface area (Å²) in [4.78, 5) is 12.5. The van der Waals surface area contributed by atoms with Crippen molar-refractivity contribution >= 4 is 21.6 Å². The van der Waals surface area contributed by atoms with E-state index in [1.54, 1.807) is 12.1 Å². The van der Waals surface area contributed by atoms with E-state index in [0.717, 1.165) is 24.2 Å². The lowest BCUT2D eigenvalue weighted by Crippen LogP contribution is -2.45. The zero-order chi connectivity index (χ0) is 19.1. The van der Waals surface area contributed by atoms with Crippen LogP contribution in [0.2, 0.25) is 0 Å². The molecule has 0 aromatic heterocycles. The first-order valence-corrected chi connectivity index (χ1v) is 11.3. The highest BCUT2D eigenvalue weighted by molar-refractivity contribution is 7.92. The fourth-order valence-corrected chi connectivity index (χ4v) is 5.19. The highest BCUT2D eigenvalue weighted by atomic mass is 32.2. The number of benzene rings is 1. The van der Waals surface area contributed by atoms with Gasteiger partial charge < -0.3 is 5.32 Å². The summed E-state index contributed by atoms with van der Waals surface area (Å²) in [6, 6.07) is 7.65. The predicted octanol–water partition coefficient (Wildman–Crippen LogP) is 3.05. The van der Waals surface area contributed by atoms with Crippen molar-refractivity contribution in [3.05, 3.63) is 29.8 Å². The number of anilines is 1. The number of amides is 1. The molecule has 1 amide bonds. The summed E-state index contributed by atoms with van der Waals surface area (Å²) in [7, 11) is -3.53. The van der Waals surface area contributed by atoms with Gasteiger partial charge in [-0.15, -0.1) is 0 Å². The molecule has 0 heterocycles.